The Morgan fingerprint density at radius 1 is 1.13 bits per heavy atom. The zero-order chi connectivity index (χ0) is 31.9. The van der Waals surface area contributed by atoms with Crippen LogP contribution < -0.4 is 15.5 Å². The van der Waals surface area contributed by atoms with Crippen molar-refractivity contribution in [3.05, 3.63) is 57.7 Å². The maximum atomic E-state index is 13.7. The quantitative estimate of drug-likeness (QED) is 0.285. The van der Waals surface area contributed by atoms with Crippen LogP contribution in [0.15, 0.2) is 30.3 Å². The summed E-state index contributed by atoms with van der Waals surface area (Å²) in [5.41, 5.74) is 4.74. The van der Waals surface area contributed by atoms with Crippen LogP contribution in [0.1, 0.15) is 83.1 Å². The second-order valence-electron chi connectivity index (χ2n) is 14.3. The van der Waals surface area contributed by atoms with Gasteiger partial charge in [0.2, 0.25) is 0 Å². The number of hydrogen-bond acceptors (Lipinski definition) is 7. The molecule has 0 spiro atoms. The van der Waals surface area contributed by atoms with Gasteiger partial charge in [0, 0.05) is 24.3 Å². The minimum absolute atomic E-state index is 0.113. The maximum absolute atomic E-state index is 13.7. The average Bonchev–Trinajstić information content (AvgIpc) is 3.64. The molecule has 0 unspecified atom stereocenters. The van der Waals surface area contributed by atoms with Crippen LogP contribution in [0.3, 0.4) is 0 Å². The van der Waals surface area contributed by atoms with Crippen LogP contribution in [0.4, 0.5) is 0 Å². The van der Waals surface area contributed by atoms with Crippen molar-refractivity contribution in [3.63, 3.8) is 0 Å². The third-order valence-electron chi connectivity index (χ3n) is 9.90. The number of fused-ring (bicyclic) bond motifs is 2. The first-order chi connectivity index (χ1) is 21.4. The number of carboxylic acids is 1. The Kier molecular flexibility index (Phi) is 8.96. The van der Waals surface area contributed by atoms with Gasteiger partial charge in [-0.15, -0.1) is 0 Å². The molecule has 1 aliphatic carbocycles. The number of pyridine rings is 1. The van der Waals surface area contributed by atoms with E-state index in [4.69, 9.17) is 9.97 Å². The number of hydrogen-bond donors (Lipinski definition) is 4. The fourth-order valence-corrected chi connectivity index (χ4v) is 7.83. The van der Waals surface area contributed by atoms with Gasteiger partial charge in [-0.05, 0) is 79.3 Å². The molecule has 1 aromatic carbocycles. The number of aromatic nitrogens is 2. The lowest BCUT2D eigenvalue weighted by Gasteiger charge is -2.34. The van der Waals surface area contributed by atoms with Crippen molar-refractivity contribution >= 4 is 39.5 Å². The highest BCUT2D eigenvalue weighted by Crippen LogP contribution is 2.38. The monoisotopic (exact) mass is 633 g/mol. The second-order valence-corrected chi connectivity index (χ2v) is 15.3. The van der Waals surface area contributed by atoms with Gasteiger partial charge in [0.15, 0.2) is 5.01 Å². The number of quaternary nitrogens is 1. The summed E-state index contributed by atoms with van der Waals surface area (Å²) in [5, 5.41) is 16.1. The number of thiazole rings is 1. The van der Waals surface area contributed by atoms with E-state index in [-0.39, 0.29) is 35.2 Å². The molecule has 0 saturated carbocycles. The smallest absolute Gasteiger partial charge is 0.307 e. The van der Waals surface area contributed by atoms with Gasteiger partial charge in [-0.2, -0.15) is 0 Å². The highest BCUT2D eigenvalue weighted by molar-refractivity contribution is 7.19. The van der Waals surface area contributed by atoms with Gasteiger partial charge in [0.1, 0.15) is 29.5 Å². The predicted molar refractivity (Wildman–Crippen MR) is 174 cm³/mol. The normalized spacial score (nSPS) is 24.1. The molecule has 4 N–H and O–H groups in total. The fourth-order valence-electron chi connectivity index (χ4n) is 6.99. The van der Waals surface area contributed by atoms with E-state index in [0.717, 1.165) is 54.0 Å². The number of aliphatic carboxylic acids is 1. The van der Waals surface area contributed by atoms with Crippen LogP contribution >= 0.6 is 11.3 Å². The summed E-state index contributed by atoms with van der Waals surface area (Å²) in [5.74, 6) is -0.925. The number of carboxylic acid groups (broad SMARTS) is 1. The molecule has 2 saturated heterocycles. The van der Waals surface area contributed by atoms with Crippen LogP contribution in [-0.4, -0.2) is 83.6 Å². The van der Waals surface area contributed by atoms with Crippen molar-refractivity contribution < 1.29 is 24.4 Å². The van der Waals surface area contributed by atoms with Crippen LogP contribution in [-0.2, 0) is 17.6 Å². The molecule has 3 aromatic rings. The summed E-state index contributed by atoms with van der Waals surface area (Å²) in [4.78, 5) is 52.2. The number of amides is 2. The van der Waals surface area contributed by atoms with Crippen LogP contribution in [0.2, 0.25) is 0 Å². The molecular weight excluding hydrogens is 588 g/mol. The first kappa shape index (κ1) is 31.6. The van der Waals surface area contributed by atoms with E-state index in [0.29, 0.717) is 49.0 Å². The van der Waals surface area contributed by atoms with E-state index in [1.165, 1.54) is 21.8 Å². The Hall–Kier alpha value is -3.41. The summed E-state index contributed by atoms with van der Waals surface area (Å²) in [6, 6.07) is 9.37. The second kappa shape index (κ2) is 12.8. The zero-order valence-electron chi connectivity index (χ0n) is 26.7. The largest absolute Gasteiger partial charge is 0.481 e. The summed E-state index contributed by atoms with van der Waals surface area (Å²) >= 11 is 1.32. The van der Waals surface area contributed by atoms with Gasteiger partial charge in [0.05, 0.1) is 19.0 Å². The molecule has 2 aliphatic heterocycles. The van der Waals surface area contributed by atoms with Crippen LogP contribution in [0.25, 0.3) is 10.3 Å². The van der Waals surface area contributed by atoms with Gasteiger partial charge < -0.3 is 25.5 Å². The van der Waals surface area contributed by atoms with Crippen molar-refractivity contribution in [2.75, 3.05) is 39.8 Å². The summed E-state index contributed by atoms with van der Waals surface area (Å²) < 4.78 is 0. The molecule has 4 heterocycles. The van der Waals surface area contributed by atoms with Crippen molar-refractivity contribution in [1.82, 2.24) is 25.5 Å². The molecule has 6 rings (SSSR count). The summed E-state index contributed by atoms with van der Waals surface area (Å²) in [6.45, 7) is 10.5. The van der Waals surface area contributed by atoms with Crippen molar-refractivity contribution in [1.29, 1.82) is 0 Å². The van der Waals surface area contributed by atoms with Gasteiger partial charge in [-0.25, -0.2) is 9.97 Å². The fraction of sp³-hybridized carbons (Fsp3) is 0.559. The lowest BCUT2D eigenvalue weighted by molar-refractivity contribution is -0.922. The molecular formula is C34H45N6O4S+. The van der Waals surface area contributed by atoms with E-state index >= 15 is 0 Å². The molecule has 11 heteroatoms. The summed E-state index contributed by atoms with van der Waals surface area (Å²) in [7, 11) is 2.10. The predicted octanol–water partition coefficient (Wildman–Crippen LogP) is 2.74. The number of carbonyl (C=O) groups is 3. The molecule has 240 valence electrons. The maximum Gasteiger partial charge on any atom is 0.307 e. The lowest BCUT2D eigenvalue weighted by atomic mass is 9.71. The highest BCUT2D eigenvalue weighted by Gasteiger charge is 2.32. The van der Waals surface area contributed by atoms with E-state index < -0.39 is 5.97 Å². The highest BCUT2D eigenvalue weighted by atomic mass is 32.1. The van der Waals surface area contributed by atoms with Crippen molar-refractivity contribution in [2.45, 2.75) is 65.0 Å². The van der Waals surface area contributed by atoms with Gasteiger partial charge >= 0.3 is 5.97 Å². The van der Waals surface area contributed by atoms with E-state index in [2.05, 4.69) is 49.4 Å². The lowest BCUT2D eigenvalue weighted by Crippen LogP contribution is -3.19. The van der Waals surface area contributed by atoms with Crippen LogP contribution in [0.5, 0.6) is 0 Å². The number of nitrogens with zero attached hydrogens (tertiary/aromatic N) is 3. The third kappa shape index (κ3) is 7.21. The minimum Gasteiger partial charge on any atom is -0.481 e. The third-order valence-corrected chi connectivity index (χ3v) is 10.9. The molecule has 10 nitrogen and oxygen atoms in total. The Bertz CT molecular complexity index is 1590. The molecule has 2 fully saturated rings. The minimum atomic E-state index is -0.764. The Labute approximate surface area is 268 Å². The first-order valence-electron chi connectivity index (χ1n) is 16.2. The topological polar surface area (TPSA) is 129 Å². The van der Waals surface area contributed by atoms with E-state index in [1.54, 1.807) is 6.07 Å². The van der Waals surface area contributed by atoms with Gasteiger partial charge in [-0.3, -0.25) is 14.4 Å². The number of aryl methyl sites for hydroxylation is 1. The molecule has 3 atom stereocenters. The zero-order valence-corrected chi connectivity index (χ0v) is 27.5. The Morgan fingerprint density at radius 3 is 2.64 bits per heavy atom. The number of rotatable bonds is 9. The molecule has 2 amide bonds. The molecule has 3 aliphatic rings. The summed E-state index contributed by atoms with van der Waals surface area (Å²) in [6.07, 6.45) is 4.23. The van der Waals surface area contributed by atoms with Gasteiger partial charge in [-0.1, -0.05) is 44.2 Å². The Balaban J connectivity index is 1.20. The number of benzene rings is 1. The number of nitrogens with one attached hydrogen (secondary N) is 3. The van der Waals surface area contributed by atoms with Crippen LogP contribution in [0, 0.1) is 17.3 Å². The average molecular weight is 634 g/mol. The first-order valence-corrected chi connectivity index (χ1v) is 17.0. The molecule has 0 radical (unpaired) electrons. The van der Waals surface area contributed by atoms with Crippen molar-refractivity contribution in [3.8, 4) is 0 Å². The number of likely N-dealkylation sites (N-methyl/N-ethyl adjacent to an activating group) is 1. The molecule has 2 aromatic heterocycles. The molecule has 45 heavy (non-hydrogen) atoms. The van der Waals surface area contributed by atoms with Crippen molar-refractivity contribution in [2.24, 2.45) is 17.3 Å². The van der Waals surface area contributed by atoms with E-state index in [9.17, 15) is 19.5 Å². The Morgan fingerprint density at radius 2 is 1.93 bits per heavy atom. The number of carbonyl (C=O) groups excluding carboxylic acids is 2. The van der Waals surface area contributed by atoms with E-state index in [1.807, 2.05) is 18.2 Å². The standard InChI is InChI=1S/C34H44N6O4S/c1-34(2,3)24-8-9-26-23(15-24)16-28-31(37-26)45-32(38-28)30(42)36-27(11-13-40-12-10-22(17-40)33(43)44)20-6-5-7-21(14-20)29(41)35-25-18-39(4)19-25/h5-7,14,16,22,24-25,27H,8-13,15,17-19H2,1-4H3,(H,35,41)(H,36,42)(H,43,44)/p+1/t22-,24+,27-/m1/s1. The molecule has 0 bridgehead atoms. The SMILES string of the molecule is C[NH+]1CC(NC(=O)c2cccc([C@@H](CCN3CC[C@@H](C(=O)O)C3)NC(=O)c3nc4cc5c(nc4s3)CC[C@H](C(C)(C)C)C5)c2)C1. The number of likely N-dealkylation sites (tertiary alicyclic amines) is 2. The van der Waals surface area contributed by atoms with Gasteiger partial charge in [0.25, 0.3) is 11.8 Å².